The van der Waals surface area contributed by atoms with Crippen LogP contribution in [0.4, 0.5) is 5.69 Å². The molecule has 3 aromatic rings. The van der Waals surface area contributed by atoms with Crippen LogP contribution >= 0.6 is 0 Å². The first kappa shape index (κ1) is 29.1. The summed E-state index contributed by atoms with van der Waals surface area (Å²) in [4.78, 5) is 43.8. The van der Waals surface area contributed by atoms with Crippen LogP contribution in [0, 0.1) is 11.8 Å². The molecular formula is C36H37N3O6. The Labute approximate surface area is 262 Å². The zero-order chi connectivity index (χ0) is 31.0. The van der Waals surface area contributed by atoms with E-state index in [0.717, 1.165) is 37.7 Å². The normalized spacial score (nSPS) is 26.9. The number of nitrogens with one attached hydrogen (secondary N) is 2. The van der Waals surface area contributed by atoms with Crippen LogP contribution in [0.1, 0.15) is 37.7 Å². The first-order valence-corrected chi connectivity index (χ1v) is 15.7. The van der Waals surface area contributed by atoms with Crippen LogP contribution in [0.3, 0.4) is 0 Å². The number of hydrogen-bond acceptors (Lipinski definition) is 6. The summed E-state index contributed by atoms with van der Waals surface area (Å²) >= 11 is 0. The highest BCUT2D eigenvalue weighted by molar-refractivity contribution is 6.02. The van der Waals surface area contributed by atoms with Crippen molar-refractivity contribution in [3.05, 3.63) is 96.6 Å². The molecule has 5 atom stereocenters. The van der Waals surface area contributed by atoms with Crippen molar-refractivity contribution in [1.82, 2.24) is 10.2 Å². The molecule has 1 aliphatic carbocycles. The number of carbonyl (C=O) groups is 3. The van der Waals surface area contributed by atoms with E-state index in [1.54, 1.807) is 36.3 Å². The van der Waals surface area contributed by atoms with Gasteiger partial charge in [0.05, 0.1) is 25.0 Å². The van der Waals surface area contributed by atoms with Gasteiger partial charge in [-0.25, -0.2) is 0 Å². The van der Waals surface area contributed by atoms with Crippen LogP contribution < -0.4 is 20.1 Å². The summed E-state index contributed by atoms with van der Waals surface area (Å²) < 4.78 is 17.7. The number of ether oxygens (including phenoxy) is 3. The SMILES string of the molecule is COc1ccc(CN2C(=O)[C@H]3[C@@H](C(=O)Nc4ccc(Oc5ccccc5)cc4)[C@H]4C=C[C@@]3(O4)[C@H]2C(=O)NC2CCCCC2)cc1. The Hall–Kier alpha value is -4.63. The summed E-state index contributed by atoms with van der Waals surface area (Å²) in [5, 5.41) is 6.22. The molecule has 3 fully saturated rings. The fourth-order valence-corrected chi connectivity index (χ4v) is 7.35. The molecule has 232 valence electrons. The molecule has 0 aromatic heterocycles. The second-order valence-electron chi connectivity index (χ2n) is 12.3. The van der Waals surface area contributed by atoms with Crippen LogP contribution in [0.25, 0.3) is 0 Å². The molecule has 3 heterocycles. The van der Waals surface area contributed by atoms with E-state index in [1.807, 2.05) is 66.7 Å². The van der Waals surface area contributed by atoms with E-state index in [1.165, 1.54) is 0 Å². The summed E-state index contributed by atoms with van der Waals surface area (Å²) in [7, 11) is 1.60. The van der Waals surface area contributed by atoms with E-state index >= 15 is 0 Å². The van der Waals surface area contributed by atoms with Gasteiger partial charge in [0.1, 0.15) is 28.9 Å². The predicted octanol–water partition coefficient (Wildman–Crippen LogP) is 5.23. The number of methoxy groups -OCH3 is 1. The number of likely N-dealkylation sites (tertiary alicyclic amines) is 1. The Balaban J connectivity index is 1.13. The van der Waals surface area contributed by atoms with Gasteiger partial charge in [-0.05, 0) is 66.9 Å². The summed E-state index contributed by atoms with van der Waals surface area (Å²) in [6, 6.07) is 23.2. The minimum absolute atomic E-state index is 0.0650. The van der Waals surface area contributed by atoms with Crippen LogP contribution in [0.5, 0.6) is 17.2 Å². The fraction of sp³-hybridized carbons (Fsp3) is 0.361. The second kappa shape index (κ2) is 12.0. The first-order chi connectivity index (χ1) is 21.9. The standard InChI is InChI=1S/C36H37N3O6/c1-43-26-16-12-23(13-17-26)22-39-32(34(41)38-24-8-4-2-5-9-24)36-21-20-29(45-36)30(31(36)35(39)42)33(40)37-25-14-18-28(19-15-25)44-27-10-6-3-7-11-27/h3,6-7,10-21,24,29-32H,2,4-5,8-9,22H2,1H3,(H,37,40)(H,38,41)/t29-,30+,31-,32-,36+/m1/s1. The Bertz CT molecular complexity index is 1590. The van der Waals surface area contributed by atoms with Gasteiger partial charge in [0.25, 0.3) is 0 Å². The topological polar surface area (TPSA) is 106 Å². The van der Waals surface area contributed by atoms with E-state index in [-0.39, 0.29) is 30.3 Å². The molecule has 2 saturated heterocycles. The molecule has 1 spiro atoms. The zero-order valence-corrected chi connectivity index (χ0v) is 25.2. The lowest BCUT2D eigenvalue weighted by Crippen LogP contribution is -2.56. The summed E-state index contributed by atoms with van der Waals surface area (Å²) in [5.74, 6) is -0.362. The van der Waals surface area contributed by atoms with Gasteiger partial charge in [-0.1, -0.05) is 61.7 Å². The van der Waals surface area contributed by atoms with Crippen LogP contribution in [0.15, 0.2) is 91.0 Å². The minimum Gasteiger partial charge on any atom is -0.497 e. The number of carbonyl (C=O) groups excluding carboxylic acids is 3. The van der Waals surface area contributed by atoms with Gasteiger partial charge in [-0.15, -0.1) is 0 Å². The predicted molar refractivity (Wildman–Crippen MR) is 168 cm³/mol. The van der Waals surface area contributed by atoms with Gasteiger partial charge in [0.15, 0.2) is 0 Å². The Kier molecular flexibility index (Phi) is 7.79. The maximum atomic E-state index is 14.3. The van der Waals surface area contributed by atoms with Gasteiger partial charge >= 0.3 is 0 Å². The highest BCUT2D eigenvalue weighted by Crippen LogP contribution is 2.55. The highest BCUT2D eigenvalue weighted by atomic mass is 16.5. The number of nitrogens with zero attached hydrogens (tertiary/aromatic N) is 1. The third kappa shape index (κ3) is 5.46. The van der Waals surface area contributed by atoms with Gasteiger partial charge in [-0.2, -0.15) is 0 Å². The van der Waals surface area contributed by atoms with E-state index < -0.39 is 29.6 Å². The van der Waals surface area contributed by atoms with E-state index in [0.29, 0.717) is 22.9 Å². The number of para-hydroxylation sites is 1. The molecule has 2 bridgehead atoms. The Morgan fingerprint density at radius 1 is 0.889 bits per heavy atom. The molecule has 7 rings (SSSR count). The molecule has 0 radical (unpaired) electrons. The van der Waals surface area contributed by atoms with E-state index in [2.05, 4.69) is 10.6 Å². The van der Waals surface area contributed by atoms with Gasteiger partial charge < -0.3 is 29.7 Å². The lowest BCUT2D eigenvalue weighted by atomic mass is 9.74. The molecule has 9 nitrogen and oxygen atoms in total. The second-order valence-corrected chi connectivity index (χ2v) is 12.3. The number of amides is 3. The molecule has 45 heavy (non-hydrogen) atoms. The number of hydrogen-bond donors (Lipinski definition) is 2. The van der Waals surface area contributed by atoms with E-state index in [4.69, 9.17) is 14.2 Å². The number of benzene rings is 3. The summed E-state index contributed by atoms with van der Waals surface area (Å²) in [6.07, 6.45) is 8.21. The number of anilines is 1. The van der Waals surface area contributed by atoms with Crippen molar-refractivity contribution >= 4 is 23.4 Å². The van der Waals surface area contributed by atoms with Crippen molar-refractivity contribution in [2.24, 2.45) is 11.8 Å². The highest BCUT2D eigenvalue weighted by Gasteiger charge is 2.72. The summed E-state index contributed by atoms with van der Waals surface area (Å²) in [6.45, 7) is 0.211. The molecule has 0 unspecified atom stereocenters. The number of fused-ring (bicyclic) bond motifs is 1. The van der Waals surface area contributed by atoms with Crippen molar-refractivity contribution in [3.63, 3.8) is 0 Å². The third-order valence-electron chi connectivity index (χ3n) is 9.49. The van der Waals surface area contributed by atoms with Crippen LogP contribution in [0.2, 0.25) is 0 Å². The van der Waals surface area contributed by atoms with Gasteiger partial charge in [0.2, 0.25) is 17.7 Å². The minimum atomic E-state index is -1.22. The largest absolute Gasteiger partial charge is 0.497 e. The molecule has 4 aliphatic rings. The van der Waals surface area contributed by atoms with Crippen LogP contribution in [-0.4, -0.2) is 53.5 Å². The van der Waals surface area contributed by atoms with E-state index in [9.17, 15) is 14.4 Å². The first-order valence-electron chi connectivity index (χ1n) is 15.7. The molecule has 1 saturated carbocycles. The summed E-state index contributed by atoms with van der Waals surface area (Å²) in [5.41, 5.74) is 0.212. The fourth-order valence-electron chi connectivity index (χ4n) is 7.35. The van der Waals surface area contributed by atoms with Crippen molar-refractivity contribution in [1.29, 1.82) is 0 Å². The van der Waals surface area contributed by atoms with Crippen molar-refractivity contribution in [3.8, 4) is 17.2 Å². The number of rotatable bonds is 9. The lowest BCUT2D eigenvalue weighted by molar-refractivity contribution is -0.142. The average Bonchev–Trinajstić information content (AvgIpc) is 3.71. The molecule has 3 aromatic carbocycles. The molecule has 3 amide bonds. The third-order valence-corrected chi connectivity index (χ3v) is 9.49. The Morgan fingerprint density at radius 2 is 1.58 bits per heavy atom. The maximum Gasteiger partial charge on any atom is 0.246 e. The van der Waals surface area contributed by atoms with Crippen molar-refractivity contribution in [2.75, 3.05) is 12.4 Å². The average molecular weight is 608 g/mol. The molecule has 2 N–H and O–H groups in total. The zero-order valence-electron chi connectivity index (χ0n) is 25.2. The molecule has 9 heteroatoms. The van der Waals surface area contributed by atoms with Crippen LogP contribution in [-0.2, 0) is 25.7 Å². The van der Waals surface area contributed by atoms with Crippen molar-refractivity contribution in [2.45, 2.75) is 62.4 Å². The monoisotopic (exact) mass is 607 g/mol. The lowest BCUT2D eigenvalue weighted by Gasteiger charge is -2.34. The molecule has 3 aliphatic heterocycles. The quantitative estimate of drug-likeness (QED) is 0.323. The smallest absolute Gasteiger partial charge is 0.246 e. The molecular weight excluding hydrogens is 570 g/mol. The van der Waals surface area contributed by atoms with Crippen molar-refractivity contribution < 1.29 is 28.6 Å². The van der Waals surface area contributed by atoms with Gasteiger partial charge in [-0.3, -0.25) is 14.4 Å². The Morgan fingerprint density at radius 3 is 2.29 bits per heavy atom. The maximum absolute atomic E-state index is 14.3. The van der Waals surface area contributed by atoms with Gasteiger partial charge in [0, 0.05) is 18.3 Å².